The second-order valence-corrected chi connectivity index (χ2v) is 4.85. The molecule has 0 heterocycles. The molecule has 0 aromatic heterocycles. The fourth-order valence-electron chi connectivity index (χ4n) is 2.68. The van der Waals surface area contributed by atoms with Crippen LogP contribution in [0.3, 0.4) is 0 Å². The summed E-state index contributed by atoms with van der Waals surface area (Å²) in [5, 5.41) is 23.0. The molecule has 0 fully saturated rings. The molecule has 0 aliphatic rings. The van der Waals surface area contributed by atoms with Crippen LogP contribution in [0.1, 0.15) is 5.56 Å². The van der Waals surface area contributed by atoms with Crippen molar-refractivity contribution in [1.82, 2.24) is 0 Å². The van der Waals surface area contributed by atoms with Crippen LogP contribution in [0.5, 0.6) is 17.2 Å². The number of phenolic OH excluding ortho intramolecular Hbond substituents is 1. The Morgan fingerprint density at radius 3 is 2.24 bits per heavy atom. The fourth-order valence-corrected chi connectivity index (χ4v) is 2.68. The lowest BCUT2D eigenvalue weighted by molar-refractivity contribution is 0.283. The van der Waals surface area contributed by atoms with Crippen LogP contribution in [0.4, 0.5) is 0 Å². The van der Waals surface area contributed by atoms with Gasteiger partial charge in [0.05, 0.1) is 20.8 Å². The summed E-state index contributed by atoms with van der Waals surface area (Å²) in [6.07, 6.45) is 0. The number of rotatable bonds is 3. The van der Waals surface area contributed by atoms with E-state index in [1.54, 1.807) is 26.4 Å². The number of ether oxygens (including phenoxy) is 2. The highest BCUT2D eigenvalue weighted by Crippen LogP contribution is 2.38. The van der Waals surface area contributed by atoms with Gasteiger partial charge in [-0.25, -0.2) is 0 Å². The first-order valence-electron chi connectivity index (χ1n) is 6.59. The maximum absolute atomic E-state index is 9.76. The van der Waals surface area contributed by atoms with Gasteiger partial charge in [-0.3, -0.25) is 0 Å². The molecule has 21 heavy (non-hydrogen) atoms. The van der Waals surface area contributed by atoms with Crippen molar-refractivity contribution in [3.05, 3.63) is 42.0 Å². The standard InChI is InChI=1S/C17H16O4/c1-20-16-6-10-5-11(9-18)13-4-3-12(19)7-15(13)14(10)8-17(16)21-2/h3-8,18-19H,9H2,1-2H3. The maximum atomic E-state index is 9.76. The molecule has 0 radical (unpaired) electrons. The molecule has 4 heteroatoms. The van der Waals surface area contributed by atoms with Gasteiger partial charge in [-0.15, -0.1) is 0 Å². The summed E-state index contributed by atoms with van der Waals surface area (Å²) in [6, 6.07) is 10.8. The van der Waals surface area contributed by atoms with Gasteiger partial charge in [-0.2, -0.15) is 0 Å². The number of hydrogen-bond acceptors (Lipinski definition) is 4. The molecule has 3 rings (SSSR count). The van der Waals surface area contributed by atoms with E-state index in [0.717, 1.165) is 27.1 Å². The lowest BCUT2D eigenvalue weighted by atomic mass is 9.97. The van der Waals surface area contributed by atoms with E-state index in [0.29, 0.717) is 11.5 Å². The first kappa shape index (κ1) is 13.5. The number of hydrogen-bond donors (Lipinski definition) is 2. The Balaban J connectivity index is 2.48. The third-order valence-corrected chi connectivity index (χ3v) is 3.70. The Bertz CT molecular complexity index is 824. The van der Waals surface area contributed by atoms with Gasteiger partial charge in [-0.05, 0) is 57.4 Å². The second-order valence-electron chi connectivity index (χ2n) is 4.85. The van der Waals surface area contributed by atoms with E-state index in [2.05, 4.69) is 0 Å². The zero-order valence-electron chi connectivity index (χ0n) is 11.9. The first-order valence-corrected chi connectivity index (χ1v) is 6.59. The van der Waals surface area contributed by atoms with Crippen molar-refractivity contribution < 1.29 is 19.7 Å². The molecule has 0 unspecified atom stereocenters. The Morgan fingerprint density at radius 1 is 0.857 bits per heavy atom. The quantitative estimate of drug-likeness (QED) is 0.725. The summed E-state index contributed by atoms with van der Waals surface area (Å²) >= 11 is 0. The normalized spacial score (nSPS) is 11.0. The van der Waals surface area contributed by atoms with Gasteiger partial charge in [0, 0.05) is 0 Å². The monoisotopic (exact) mass is 284 g/mol. The van der Waals surface area contributed by atoms with E-state index in [4.69, 9.17) is 9.47 Å². The average molecular weight is 284 g/mol. The van der Waals surface area contributed by atoms with Crippen LogP contribution < -0.4 is 9.47 Å². The van der Waals surface area contributed by atoms with Gasteiger partial charge in [0.15, 0.2) is 11.5 Å². The summed E-state index contributed by atoms with van der Waals surface area (Å²) in [5.41, 5.74) is 0.810. The number of fused-ring (bicyclic) bond motifs is 3. The van der Waals surface area contributed by atoms with Crippen molar-refractivity contribution in [1.29, 1.82) is 0 Å². The van der Waals surface area contributed by atoms with Gasteiger partial charge in [-0.1, -0.05) is 6.07 Å². The second kappa shape index (κ2) is 5.14. The zero-order valence-corrected chi connectivity index (χ0v) is 11.9. The molecule has 4 nitrogen and oxygen atoms in total. The van der Waals surface area contributed by atoms with Gasteiger partial charge in [0.2, 0.25) is 0 Å². The van der Waals surface area contributed by atoms with Gasteiger partial charge < -0.3 is 19.7 Å². The number of aliphatic hydroxyl groups is 1. The van der Waals surface area contributed by atoms with Crippen molar-refractivity contribution in [2.45, 2.75) is 6.61 Å². The van der Waals surface area contributed by atoms with Crippen molar-refractivity contribution in [3.8, 4) is 17.2 Å². The van der Waals surface area contributed by atoms with Crippen LogP contribution >= 0.6 is 0 Å². The van der Waals surface area contributed by atoms with Crippen molar-refractivity contribution in [2.24, 2.45) is 0 Å². The highest BCUT2D eigenvalue weighted by molar-refractivity contribution is 6.10. The summed E-state index contributed by atoms with van der Waals surface area (Å²) in [6.45, 7) is -0.0639. The van der Waals surface area contributed by atoms with Crippen LogP contribution in [-0.4, -0.2) is 24.4 Å². The number of aromatic hydroxyl groups is 1. The molecule has 3 aromatic carbocycles. The maximum Gasteiger partial charge on any atom is 0.161 e. The lowest BCUT2D eigenvalue weighted by Crippen LogP contribution is -1.93. The molecule has 0 atom stereocenters. The predicted octanol–water partition coefficient (Wildman–Crippen LogP) is 3.21. The largest absolute Gasteiger partial charge is 0.508 e. The molecule has 0 aliphatic carbocycles. The number of phenols is 1. The highest BCUT2D eigenvalue weighted by atomic mass is 16.5. The summed E-state index contributed by atoms with van der Waals surface area (Å²) in [7, 11) is 3.18. The van der Waals surface area contributed by atoms with Crippen LogP contribution in [0, 0.1) is 0 Å². The van der Waals surface area contributed by atoms with Crippen LogP contribution in [-0.2, 0) is 6.61 Å². The Hall–Kier alpha value is -2.46. The molecular weight excluding hydrogens is 268 g/mol. The van der Waals surface area contributed by atoms with Crippen LogP contribution in [0.25, 0.3) is 21.5 Å². The molecule has 0 amide bonds. The topological polar surface area (TPSA) is 58.9 Å². The SMILES string of the molecule is COc1cc2cc(CO)c3ccc(O)cc3c2cc1OC. The van der Waals surface area contributed by atoms with E-state index in [1.165, 1.54) is 0 Å². The lowest BCUT2D eigenvalue weighted by Gasteiger charge is -2.13. The van der Waals surface area contributed by atoms with Crippen molar-refractivity contribution in [2.75, 3.05) is 14.2 Å². The molecule has 0 saturated heterocycles. The molecule has 0 bridgehead atoms. The van der Waals surface area contributed by atoms with Crippen molar-refractivity contribution in [3.63, 3.8) is 0 Å². The van der Waals surface area contributed by atoms with E-state index < -0.39 is 0 Å². The van der Waals surface area contributed by atoms with E-state index in [-0.39, 0.29) is 12.4 Å². The third-order valence-electron chi connectivity index (χ3n) is 3.70. The first-order chi connectivity index (χ1) is 10.2. The minimum absolute atomic E-state index is 0.0639. The highest BCUT2D eigenvalue weighted by Gasteiger charge is 2.11. The minimum atomic E-state index is -0.0639. The van der Waals surface area contributed by atoms with Crippen molar-refractivity contribution >= 4 is 21.5 Å². The van der Waals surface area contributed by atoms with Gasteiger partial charge >= 0.3 is 0 Å². The Kier molecular flexibility index (Phi) is 3.31. The van der Waals surface area contributed by atoms with E-state index >= 15 is 0 Å². The Morgan fingerprint density at radius 2 is 1.57 bits per heavy atom. The number of benzene rings is 3. The smallest absolute Gasteiger partial charge is 0.161 e. The average Bonchev–Trinajstić information content (AvgIpc) is 2.52. The van der Waals surface area contributed by atoms with Gasteiger partial charge in [0.25, 0.3) is 0 Å². The van der Waals surface area contributed by atoms with Crippen LogP contribution in [0.15, 0.2) is 36.4 Å². The molecule has 3 aromatic rings. The van der Waals surface area contributed by atoms with Crippen LogP contribution in [0.2, 0.25) is 0 Å². The fraction of sp³-hybridized carbons (Fsp3) is 0.176. The third kappa shape index (κ3) is 2.14. The predicted molar refractivity (Wildman–Crippen MR) is 82.1 cm³/mol. The zero-order chi connectivity index (χ0) is 15.0. The molecule has 108 valence electrons. The van der Waals surface area contributed by atoms with E-state index in [9.17, 15) is 10.2 Å². The molecule has 0 spiro atoms. The summed E-state index contributed by atoms with van der Waals surface area (Å²) in [5.74, 6) is 1.45. The molecule has 0 aliphatic heterocycles. The molecule has 2 N–H and O–H groups in total. The van der Waals surface area contributed by atoms with Gasteiger partial charge in [0.1, 0.15) is 5.75 Å². The molecular formula is C17H16O4. The molecule has 0 saturated carbocycles. The number of methoxy groups -OCH3 is 2. The summed E-state index contributed by atoms with van der Waals surface area (Å²) in [4.78, 5) is 0. The minimum Gasteiger partial charge on any atom is -0.508 e. The Labute approximate surface area is 122 Å². The summed E-state index contributed by atoms with van der Waals surface area (Å²) < 4.78 is 10.7. The van der Waals surface area contributed by atoms with E-state index in [1.807, 2.05) is 24.3 Å². The number of aliphatic hydroxyl groups excluding tert-OH is 1.